The molecule has 1 aromatic rings. The first-order valence-corrected chi connectivity index (χ1v) is 8.02. The number of aromatic nitrogens is 1. The molecular weight excluding hydrogens is 237 g/mol. The summed E-state index contributed by atoms with van der Waals surface area (Å²) in [6, 6.07) is 5.72. The fourth-order valence-electron chi connectivity index (χ4n) is 0.462. The predicted octanol–water partition coefficient (Wildman–Crippen LogP) is 2.20. The molecule has 0 aliphatic heterocycles. The van der Waals surface area contributed by atoms with Crippen molar-refractivity contribution in [3.05, 3.63) is 43.2 Å². The zero-order valence-electron chi connectivity index (χ0n) is 7.48. The van der Waals surface area contributed by atoms with Crippen molar-refractivity contribution in [2.75, 3.05) is 5.75 Å². The minimum atomic E-state index is -3.00. The van der Waals surface area contributed by atoms with E-state index in [9.17, 15) is 0 Å². The van der Waals surface area contributed by atoms with E-state index in [0.717, 1.165) is 11.4 Å². The number of nitrogens with zero attached hydrogens (tertiary/aromatic N) is 1. The second kappa shape index (κ2) is 8.15. The fourth-order valence-corrected chi connectivity index (χ4v) is 2.21. The first-order chi connectivity index (χ1) is 6.56. The molecule has 2 N–H and O–H groups in total. The van der Waals surface area contributed by atoms with Crippen LogP contribution in [-0.4, -0.2) is 20.5 Å². The molecule has 78 valence electrons. The van der Waals surface area contributed by atoms with E-state index in [2.05, 4.69) is 23.4 Å². The second-order valence-corrected chi connectivity index (χ2v) is 8.20. The molecule has 14 heavy (non-hydrogen) atoms. The SMILES string of the molecule is C=CCSP(O)(O)=S.c1ccncc1. The summed E-state index contributed by atoms with van der Waals surface area (Å²) < 4.78 is 0. The van der Waals surface area contributed by atoms with E-state index in [-0.39, 0.29) is 0 Å². The Morgan fingerprint density at radius 2 is 1.93 bits per heavy atom. The van der Waals surface area contributed by atoms with Crippen LogP contribution in [0.5, 0.6) is 0 Å². The number of hydrogen-bond acceptors (Lipinski definition) is 3. The number of rotatable bonds is 3. The topological polar surface area (TPSA) is 53.4 Å². The Morgan fingerprint density at radius 1 is 1.36 bits per heavy atom. The van der Waals surface area contributed by atoms with Crippen molar-refractivity contribution in [2.45, 2.75) is 0 Å². The van der Waals surface area contributed by atoms with Crippen LogP contribution in [0.4, 0.5) is 0 Å². The summed E-state index contributed by atoms with van der Waals surface area (Å²) in [6.07, 6.45) is 5.08. The van der Waals surface area contributed by atoms with Gasteiger partial charge in [0, 0.05) is 18.1 Å². The highest BCUT2D eigenvalue weighted by atomic mass is 32.9. The van der Waals surface area contributed by atoms with E-state index in [1.807, 2.05) is 18.2 Å². The third-order valence-electron chi connectivity index (χ3n) is 0.927. The predicted molar refractivity (Wildman–Crippen MR) is 65.6 cm³/mol. The van der Waals surface area contributed by atoms with Gasteiger partial charge in [-0.15, -0.1) is 6.58 Å². The molecule has 0 aromatic carbocycles. The maximum Gasteiger partial charge on any atom is 0.242 e. The Morgan fingerprint density at radius 3 is 2.07 bits per heavy atom. The van der Waals surface area contributed by atoms with Crippen molar-refractivity contribution in [3.8, 4) is 0 Å². The summed E-state index contributed by atoms with van der Waals surface area (Å²) in [5.41, 5.74) is -3.00. The van der Waals surface area contributed by atoms with Crippen LogP contribution >= 0.6 is 17.1 Å². The smallest absolute Gasteiger partial charge is 0.242 e. The molecule has 0 spiro atoms. The van der Waals surface area contributed by atoms with Gasteiger partial charge < -0.3 is 9.79 Å². The van der Waals surface area contributed by atoms with E-state index < -0.39 is 5.69 Å². The summed E-state index contributed by atoms with van der Waals surface area (Å²) >= 11 is 5.24. The molecule has 0 bridgehead atoms. The van der Waals surface area contributed by atoms with Gasteiger partial charge >= 0.3 is 0 Å². The first-order valence-electron chi connectivity index (χ1n) is 3.72. The highest BCUT2D eigenvalue weighted by Gasteiger charge is 2.03. The molecule has 0 saturated heterocycles. The van der Waals surface area contributed by atoms with Gasteiger partial charge in [-0.05, 0) is 23.9 Å². The van der Waals surface area contributed by atoms with E-state index in [1.165, 1.54) is 0 Å². The van der Waals surface area contributed by atoms with Gasteiger partial charge in [0.2, 0.25) is 5.69 Å². The average Bonchev–Trinajstić information content (AvgIpc) is 2.17. The van der Waals surface area contributed by atoms with Crippen molar-refractivity contribution < 1.29 is 9.79 Å². The largest absolute Gasteiger partial charge is 0.338 e. The number of pyridine rings is 1. The average molecular weight is 249 g/mol. The third-order valence-corrected chi connectivity index (χ3v) is 4.05. The molecule has 0 radical (unpaired) electrons. The molecule has 0 aliphatic rings. The maximum absolute atomic E-state index is 8.55. The Labute approximate surface area is 92.8 Å². The minimum Gasteiger partial charge on any atom is -0.338 e. The quantitative estimate of drug-likeness (QED) is 0.635. The van der Waals surface area contributed by atoms with Gasteiger partial charge in [0.15, 0.2) is 0 Å². The van der Waals surface area contributed by atoms with E-state index in [0.29, 0.717) is 5.75 Å². The maximum atomic E-state index is 8.55. The lowest BCUT2D eigenvalue weighted by Gasteiger charge is -2.01. The van der Waals surface area contributed by atoms with Crippen molar-refractivity contribution in [2.24, 2.45) is 0 Å². The lowest BCUT2D eigenvalue weighted by Crippen LogP contribution is -1.70. The Balaban J connectivity index is 0.000000249. The van der Waals surface area contributed by atoms with Crippen LogP contribution in [0.1, 0.15) is 0 Å². The standard InChI is InChI=1S/C5H5N.C3H7O2PS2/c1-2-4-6-5-3-1;1-2-3-8-6(4,5)7/h1-5H;2H,1,3H2,(H2,4,5,7). The van der Waals surface area contributed by atoms with Crippen LogP contribution in [0.3, 0.4) is 0 Å². The van der Waals surface area contributed by atoms with Gasteiger partial charge in [-0.3, -0.25) is 4.98 Å². The normalized spacial score (nSPS) is 9.86. The van der Waals surface area contributed by atoms with Crippen molar-refractivity contribution in [1.29, 1.82) is 0 Å². The summed E-state index contributed by atoms with van der Waals surface area (Å²) in [7, 11) is 0. The number of hydrogen-bond donors (Lipinski definition) is 2. The molecule has 0 unspecified atom stereocenters. The molecule has 0 amide bonds. The molecule has 0 fully saturated rings. The molecule has 3 nitrogen and oxygen atoms in total. The second-order valence-electron chi connectivity index (χ2n) is 2.10. The van der Waals surface area contributed by atoms with Crippen molar-refractivity contribution in [1.82, 2.24) is 4.98 Å². The monoisotopic (exact) mass is 249 g/mol. The lowest BCUT2D eigenvalue weighted by atomic mass is 10.5. The zero-order chi connectivity index (χ0) is 10.9. The van der Waals surface area contributed by atoms with Crippen LogP contribution in [0.2, 0.25) is 0 Å². The molecule has 0 atom stereocenters. The zero-order valence-corrected chi connectivity index (χ0v) is 10.0. The summed E-state index contributed by atoms with van der Waals surface area (Å²) in [4.78, 5) is 20.9. The Hall–Kier alpha value is -0.190. The first kappa shape index (κ1) is 13.8. The fraction of sp³-hybridized carbons (Fsp3) is 0.125. The molecule has 1 aromatic heterocycles. The van der Waals surface area contributed by atoms with Crippen LogP contribution in [-0.2, 0) is 11.8 Å². The Bertz CT molecular complexity index is 262. The van der Waals surface area contributed by atoms with Crippen LogP contribution in [0.25, 0.3) is 0 Å². The summed E-state index contributed by atoms with van der Waals surface area (Å²) in [5, 5.41) is 0. The van der Waals surface area contributed by atoms with Crippen LogP contribution in [0, 0.1) is 0 Å². The van der Waals surface area contributed by atoms with Crippen molar-refractivity contribution >= 4 is 28.9 Å². The van der Waals surface area contributed by atoms with E-state index in [1.54, 1.807) is 18.5 Å². The summed E-state index contributed by atoms with van der Waals surface area (Å²) in [5.74, 6) is 0.504. The van der Waals surface area contributed by atoms with Gasteiger partial charge in [0.25, 0.3) is 0 Å². The molecule has 1 rings (SSSR count). The highest BCUT2D eigenvalue weighted by molar-refractivity contribution is 8.67. The highest BCUT2D eigenvalue weighted by Crippen LogP contribution is 2.50. The van der Waals surface area contributed by atoms with E-state index >= 15 is 0 Å². The van der Waals surface area contributed by atoms with E-state index in [4.69, 9.17) is 9.79 Å². The van der Waals surface area contributed by atoms with Gasteiger partial charge in [-0.1, -0.05) is 23.5 Å². The van der Waals surface area contributed by atoms with Gasteiger partial charge in [0.1, 0.15) is 0 Å². The summed E-state index contributed by atoms with van der Waals surface area (Å²) in [6.45, 7) is 3.39. The lowest BCUT2D eigenvalue weighted by molar-refractivity contribution is 0.502. The molecular formula is C8H12NO2PS2. The molecule has 6 heteroatoms. The third kappa shape index (κ3) is 11.8. The van der Waals surface area contributed by atoms with Crippen LogP contribution in [0.15, 0.2) is 43.2 Å². The van der Waals surface area contributed by atoms with Crippen LogP contribution < -0.4 is 0 Å². The van der Waals surface area contributed by atoms with Gasteiger partial charge in [-0.2, -0.15) is 0 Å². The van der Waals surface area contributed by atoms with Gasteiger partial charge in [-0.25, -0.2) is 0 Å². The van der Waals surface area contributed by atoms with Gasteiger partial charge in [0.05, 0.1) is 0 Å². The van der Waals surface area contributed by atoms with Crippen molar-refractivity contribution in [3.63, 3.8) is 0 Å². The Kier molecular flexibility index (Phi) is 8.04. The molecule has 1 heterocycles. The minimum absolute atomic E-state index is 0.504. The molecule has 0 saturated carbocycles. The molecule has 0 aliphatic carbocycles.